The molecule has 1 aromatic carbocycles. The number of nitrogen functional groups attached to an aromatic ring is 1. The molecule has 2 N–H and O–H groups in total. The highest BCUT2D eigenvalue weighted by molar-refractivity contribution is 5.74. The molecule has 0 aliphatic heterocycles. The maximum absolute atomic E-state index is 6.38. The van der Waals surface area contributed by atoms with Crippen LogP contribution in [0.2, 0.25) is 0 Å². The summed E-state index contributed by atoms with van der Waals surface area (Å²) in [5, 5.41) is 0. The molecule has 1 heteroatoms. The molecule has 0 aromatic heterocycles. The number of hydrogen-bond donors (Lipinski definition) is 1. The van der Waals surface area contributed by atoms with Crippen LogP contribution in [0.3, 0.4) is 0 Å². The molecule has 1 aliphatic carbocycles. The van der Waals surface area contributed by atoms with Crippen molar-refractivity contribution in [1.82, 2.24) is 0 Å². The van der Waals surface area contributed by atoms with E-state index in [1.165, 1.54) is 22.3 Å². The van der Waals surface area contributed by atoms with Gasteiger partial charge in [0.15, 0.2) is 0 Å². The Morgan fingerprint density at radius 1 is 1.05 bits per heavy atom. The number of anilines is 1. The fraction of sp³-hybridized carbons (Fsp3) is 0.474. The van der Waals surface area contributed by atoms with E-state index in [9.17, 15) is 0 Å². The van der Waals surface area contributed by atoms with Crippen LogP contribution >= 0.6 is 0 Å². The maximum atomic E-state index is 6.38. The largest absolute Gasteiger partial charge is 0.398 e. The molecule has 108 valence electrons. The summed E-state index contributed by atoms with van der Waals surface area (Å²) < 4.78 is 0. The number of hydrogen-bond acceptors (Lipinski definition) is 1. The summed E-state index contributed by atoms with van der Waals surface area (Å²) in [6, 6.07) is 4.60. The van der Waals surface area contributed by atoms with Gasteiger partial charge in [0.25, 0.3) is 0 Å². The summed E-state index contributed by atoms with van der Waals surface area (Å²) in [4.78, 5) is 0. The van der Waals surface area contributed by atoms with E-state index >= 15 is 0 Å². The van der Waals surface area contributed by atoms with Gasteiger partial charge in [-0.1, -0.05) is 52.8 Å². The number of rotatable bonds is 3. The van der Waals surface area contributed by atoms with E-state index < -0.39 is 0 Å². The van der Waals surface area contributed by atoms with Crippen LogP contribution in [0.15, 0.2) is 30.4 Å². The lowest BCUT2D eigenvalue weighted by atomic mass is 9.83. The first kappa shape index (κ1) is 14.9. The fourth-order valence-corrected chi connectivity index (χ4v) is 2.95. The summed E-state index contributed by atoms with van der Waals surface area (Å²) in [6.45, 7) is 11.2. The minimum absolute atomic E-state index is 0.461. The lowest BCUT2D eigenvalue weighted by Gasteiger charge is -2.23. The third kappa shape index (κ3) is 2.82. The van der Waals surface area contributed by atoms with Crippen LogP contribution in [0.25, 0.3) is 5.57 Å². The first-order valence-corrected chi connectivity index (χ1v) is 7.72. The molecule has 1 atom stereocenters. The molecular formula is C19H27N. The molecular weight excluding hydrogens is 242 g/mol. The highest BCUT2D eigenvalue weighted by Crippen LogP contribution is 2.37. The molecule has 0 spiro atoms. The molecule has 1 aliphatic rings. The Bertz CT molecular complexity index is 518. The molecule has 1 unspecified atom stereocenters. The van der Waals surface area contributed by atoms with Gasteiger partial charge in [0.1, 0.15) is 0 Å². The van der Waals surface area contributed by atoms with E-state index in [4.69, 9.17) is 5.73 Å². The minimum Gasteiger partial charge on any atom is -0.398 e. The number of benzene rings is 1. The lowest BCUT2D eigenvalue weighted by Crippen LogP contribution is -2.07. The van der Waals surface area contributed by atoms with Crippen molar-refractivity contribution in [2.24, 2.45) is 5.92 Å². The average Bonchev–Trinajstić information content (AvgIpc) is 2.39. The summed E-state index contributed by atoms with van der Waals surface area (Å²) >= 11 is 0. The molecule has 0 heterocycles. The molecule has 0 bridgehead atoms. The van der Waals surface area contributed by atoms with Gasteiger partial charge in [0, 0.05) is 5.69 Å². The monoisotopic (exact) mass is 269 g/mol. The van der Waals surface area contributed by atoms with Crippen molar-refractivity contribution >= 4 is 11.3 Å². The van der Waals surface area contributed by atoms with Crippen LogP contribution in [0.4, 0.5) is 5.69 Å². The van der Waals surface area contributed by atoms with Gasteiger partial charge in [0.05, 0.1) is 0 Å². The van der Waals surface area contributed by atoms with E-state index in [0.717, 1.165) is 12.1 Å². The first-order valence-electron chi connectivity index (χ1n) is 7.72. The van der Waals surface area contributed by atoms with Crippen LogP contribution in [0.5, 0.6) is 0 Å². The van der Waals surface area contributed by atoms with E-state index in [0.29, 0.717) is 17.8 Å². The predicted molar refractivity (Wildman–Crippen MR) is 89.9 cm³/mol. The van der Waals surface area contributed by atoms with Crippen LogP contribution in [0.1, 0.15) is 69.6 Å². The number of allylic oxidation sites excluding steroid dienone is 4. The fourth-order valence-electron chi connectivity index (χ4n) is 2.95. The molecule has 0 saturated carbocycles. The Balaban J connectivity index is 2.59. The lowest BCUT2D eigenvalue weighted by molar-refractivity contribution is 0.756. The van der Waals surface area contributed by atoms with Crippen molar-refractivity contribution in [3.05, 3.63) is 47.1 Å². The van der Waals surface area contributed by atoms with Gasteiger partial charge in [-0.25, -0.2) is 0 Å². The Labute approximate surface area is 123 Å². The SMILES string of the molecule is CC1CC=CC=C1c1cc(C(C)C)c(N)c(C(C)C)c1. The topological polar surface area (TPSA) is 26.0 Å². The van der Waals surface area contributed by atoms with Gasteiger partial charge in [-0.2, -0.15) is 0 Å². The van der Waals surface area contributed by atoms with Gasteiger partial charge in [-0.3, -0.25) is 0 Å². The van der Waals surface area contributed by atoms with Gasteiger partial charge in [-0.15, -0.1) is 0 Å². The summed E-state index contributed by atoms with van der Waals surface area (Å²) in [7, 11) is 0. The molecule has 2 rings (SSSR count). The second kappa shape index (κ2) is 5.87. The summed E-state index contributed by atoms with van der Waals surface area (Å²) in [5.41, 5.74) is 12.7. The normalized spacial score (nSPS) is 18.8. The van der Waals surface area contributed by atoms with Gasteiger partial charge >= 0.3 is 0 Å². The Morgan fingerprint density at radius 3 is 2.05 bits per heavy atom. The Hall–Kier alpha value is -1.50. The highest BCUT2D eigenvalue weighted by atomic mass is 14.6. The molecule has 0 amide bonds. The highest BCUT2D eigenvalue weighted by Gasteiger charge is 2.18. The second-order valence-corrected chi connectivity index (χ2v) is 6.56. The first-order chi connectivity index (χ1) is 9.41. The maximum Gasteiger partial charge on any atom is 0.0384 e. The van der Waals surface area contributed by atoms with E-state index in [-0.39, 0.29) is 0 Å². The molecule has 0 saturated heterocycles. The molecule has 0 radical (unpaired) electrons. The van der Waals surface area contributed by atoms with Crippen LogP contribution in [0, 0.1) is 5.92 Å². The number of nitrogens with two attached hydrogens (primary N) is 1. The van der Waals surface area contributed by atoms with Crippen LogP contribution in [-0.2, 0) is 0 Å². The van der Waals surface area contributed by atoms with Crippen molar-refractivity contribution in [1.29, 1.82) is 0 Å². The third-order valence-electron chi connectivity index (χ3n) is 4.25. The van der Waals surface area contributed by atoms with E-state index in [1.54, 1.807) is 0 Å². The van der Waals surface area contributed by atoms with E-state index in [2.05, 4.69) is 65.0 Å². The van der Waals surface area contributed by atoms with Crippen LogP contribution in [-0.4, -0.2) is 0 Å². The van der Waals surface area contributed by atoms with Crippen molar-refractivity contribution < 1.29 is 0 Å². The van der Waals surface area contributed by atoms with Crippen molar-refractivity contribution in [2.45, 2.75) is 52.9 Å². The van der Waals surface area contributed by atoms with Gasteiger partial charge < -0.3 is 5.73 Å². The molecule has 0 fully saturated rings. The van der Waals surface area contributed by atoms with Crippen LogP contribution < -0.4 is 5.73 Å². The summed E-state index contributed by atoms with van der Waals surface area (Å²) in [5.74, 6) is 1.51. The third-order valence-corrected chi connectivity index (χ3v) is 4.25. The standard InChI is InChI=1S/C19H27N/c1-12(2)17-10-15(11-18(13(3)4)19(17)20)16-9-7-6-8-14(16)5/h6-7,9-14H,8,20H2,1-5H3. The molecule has 1 nitrogen and oxygen atoms in total. The Kier molecular flexibility index (Phi) is 4.37. The van der Waals surface area contributed by atoms with Gasteiger partial charge in [-0.05, 0) is 58.6 Å². The zero-order valence-electron chi connectivity index (χ0n) is 13.4. The summed E-state index contributed by atoms with van der Waals surface area (Å²) in [6.07, 6.45) is 7.81. The van der Waals surface area contributed by atoms with Gasteiger partial charge in [0.2, 0.25) is 0 Å². The van der Waals surface area contributed by atoms with E-state index in [1.807, 2.05) is 0 Å². The Morgan fingerprint density at radius 2 is 1.60 bits per heavy atom. The zero-order valence-corrected chi connectivity index (χ0v) is 13.4. The molecule has 20 heavy (non-hydrogen) atoms. The smallest absolute Gasteiger partial charge is 0.0384 e. The quantitative estimate of drug-likeness (QED) is 0.721. The zero-order chi connectivity index (χ0) is 14.9. The van der Waals surface area contributed by atoms with Crippen molar-refractivity contribution in [2.75, 3.05) is 5.73 Å². The van der Waals surface area contributed by atoms with Crippen molar-refractivity contribution in [3.8, 4) is 0 Å². The minimum atomic E-state index is 0.461. The van der Waals surface area contributed by atoms with Crippen molar-refractivity contribution in [3.63, 3.8) is 0 Å². The predicted octanol–water partition coefficient (Wildman–Crippen LogP) is 5.50. The molecule has 1 aromatic rings. The average molecular weight is 269 g/mol. The second-order valence-electron chi connectivity index (χ2n) is 6.56.